The van der Waals surface area contributed by atoms with Gasteiger partial charge >= 0.3 is 0 Å². The number of anilines is 2. The van der Waals surface area contributed by atoms with E-state index in [0.29, 0.717) is 5.69 Å². The quantitative estimate of drug-likeness (QED) is 0.785. The molecule has 1 aromatic rings. The summed E-state index contributed by atoms with van der Waals surface area (Å²) in [5, 5.41) is 0. The van der Waals surface area contributed by atoms with Crippen molar-refractivity contribution in [2.45, 2.75) is 0 Å². The van der Waals surface area contributed by atoms with Crippen LogP contribution in [0.1, 0.15) is 0 Å². The predicted octanol–water partition coefficient (Wildman–Crippen LogP) is 1.15. The molecule has 0 aliphatic heterocycles. The molecule has 96 valence electrons. The molecule has 0 aliphatic carbocycles. The van der Waals surface area contributed by atoms with Crippen LogP contribution in [0.4, 0.5) is 11.4 Å². The zero-order valence-corrected chi connectivity index (χ0v) is 12.1. The number of hydrogen-bond donors (Lipinski definition) is 2. The highest BCUT2D eigenvalue weighted by Gasteiger charge is 2.08. The predicted molar refractivity (Wildman–Crippen MR) is 71.2 cm³/mol. The molecule has 0 saturated heterocycles. The third kappa shape index (κ3) is 5.37. The maximum atomic E-state index is 11.3. The SMILES string of the molecule is CS(=O)(=O)Nc1cccc(NS(=O)(=O)CBr)c1. The third-order valence-electron chi connectivity index (χ3n) is 1.58. The monoisotopic (exact) mass is 342 g/mol. The zero-order chi connectivity index (χ0) is 13.1. The first-order valence-electron chi connectivity index (χ1n) is 4.36. The topological polar surface area (TPSA) is 92.3 Å². The highest BCUT2D eigenvalue weighted by molar-refractivity contribution is 9.10. The Morgan fingerprint density at radius 1 is 1.12 bits per heavy atom. The fourth-order valence-corrected chi connectivity index (χ4v) is 2.51. The van der Waals surface area contributed by atoms with Crippen LogP contribution in [0.5, 0.6) is 0 Å². The van der Waals surface area contributed by atoms with Gasteiger partial charge in [0.2, 0.25) is 20.0 Å². The number of alkyl halides is 1. The van der Waals surface area contributed by atoms with E-state index in [2.05, 4.69) is 25.4 Å². The maximum Gasteiger partial charge on any atom is 0.242 e. The van der Waals surface area contributed by atoms with E-state index < -0.39 is 20.0 Å². The molecular formula is C8H11BrN2O4S2. The Morgan fingerprint density at radius 2 is 1.65 bits per heavy atom. The van der Waals surface area contributed by atoms with E-state index in [4.69, 9.17) is 0 Å². The number of sulfonamides is 2. The lowest BCUT2D eigenvalue weighted by atomic mass is 10.3. The van der Waals surface area contributed by atoms with Crippen molar-refractivity contribution in [1.29, 1.82) is 0 Å². The molecule has 1 aromatic carbocycles. The summed E-state index contributed by atoms with van der Waals surface area (Å²) in [7, 11) is -6.82. The van der Waals surface area contributed by atoms with Crippen LogP contribution in [0.3, 0.4) is 0 Å². The van der Waals surface area contributed by atoms with Gasteiger partial charge in [-0.2, -0.15) is 0 Å². The molecule has 0 unspecified atom stereocenters. The van der Waals surface area contributed by atoms with E-state index in [1.807, 2.05) is 0 Å². The van der Waals surface area contributed by atoms with Gasteiger partial charge in [-0.3, -0.25) is 9.44 Å². The van der Waals surface area contributed by atoms with E-state index in [0.717, 1.165) is 6.26 Å². The van der Waals surface area contributed by atoms with Crippen molar-refractivity contribution in [2.24, 2.45) is 0 Å². The van der Waals surface area contributed by atoms with Gasteiger partial charge in [0.05, 0.1) is 17.6 Å². The smallest absolute Gasteiger partial charge is 0.242 e. The Morgan fingerprint density at radius 3 is 2.12 bits per heavy atom. The fraction of sp³-hybridized carbons (Fsp3) is 0.250. The minimum Gasteiger partial charge on any atom is -0.284 e. The summed E-state index contributed by atoms with van der Waals surface area (Å²) in [6.07, 6.45) is 1.02. The zero-order valence-electron chi connectivity index (χ0n) is 8.84. The number of hydrogen-bond acceptors (Lipinski definition) is 4. The highest BCUT2D eigenvalue weighted by Crippen LogP contribution is 2.17. The summed E-state index contributed by atoms with van der Waals surface area (Å²) in [6.45, 7) is 0. The standard InChI is InChI=1S/C8H11BrN2O4S2/c1-16(12,13)10-7-3-2-4-8(5-7)11-17(14,15)6-9/h2-5,10-11H,6H2,1H3. The van der Waals surface area contributed by atoms with Crippen LogP contribution in [0.2, 0.25) is 0 Å². The summed E-state index contributed by atoms with van der Waals surface area (Å²) in [4.78, 5) is 0. The van der Waals surface area contributed by atoms with Crippen LogP contribution < -0.4 is 9.44 Å². The molecule has 0 heterocycles. The Kier molecular flexibility index (Phi) is 4.39. The molecule has 9 heteroatoms. The minimum absolute atomic E-state index is 0.232. The molecule has 0 bridgehead atoms. The molecular weight excluding hydrogens is 332 g/mol. The van der Waals surface area contributed by atoms with Crippen molar-refractivity contribution in [2.75, 3.05) is 20.4 Å². The largest absolute Gasteiger partial charge is 0.284 e. The molecule has 0 fully saturated rings. The van der Waals surface area contributed by atoms with Gasteiger partial charge in [-0.25, -0.2) is 16.8 Å². The number of nitrogens with one attached hydrogen (secondary N) is 2. The minimum atomic E-state index is -3.44. The maximum absolute atomic E-state index is 11.3. The van der Waals surface area contributed by atoms with Gasteiger partial charge < -0.3 is 0 Å². The van der Waals surface area contributed by atoms with Gasteiger partial charge in [-0.1, -0.05) is 22.0 Å². The molecule has 0 aliphatic rings. The Bertz CT molecular complexity index is 598. The molecule has 0 atom stereocenters. The van der Waals surface area contributed by atoms with Crippen molar-refractivity contribution in [3.8, 4) is 0 Å². The molecule has 0 saturated carbocycles. The first kappa shape index (κ1) is 14.3. The third-order valence-corrected chi connectivity index (χ3v) is 4.83. The van der Waals surface area contributed by atoms with E-state index in [9.17, 15) is 16.8 Å². The average molecular weight is 343 g/mol. The van der Waals surface area contributed by atoms with Crippen LogP contribution in [0.15, 0.2) is 24.3 Å². The summed E-state index contributed by atoms with van der Waals surface area (Å²) in [5.41, 5.74) is 0.584. The second-order valence-electron chi connectivity index (χ2n) is 3.28. The lowest BCUT2D eigenvalue weighted by molar-refractivity contribution is 0.604. The molecule has 0 amide bonds. The Labute approximate surface area is 109 Å². The van der Waals surface area contributed by atoms with E-state index in [1.165, 1.54) is 18.2 Å². The highest BCUT2D eigenvalue weighted by atomic mass is 79.9. The lowest BCUT2D eigenvalue weighted by Crippen LogP contribution is -2.14. The normalized spacial score (nSPS) is 12.1. The molecule has 6 nitrogen and oxygen atoms in total. The summed E-state index contributed by atoms with van der Waals surface area (Å²) in [6, 6.07) is 5.97. The van der Waals surface area contributed by atoms with Gasteiger partial charge in [0.1, 0.15) is 4.66 Å². The summed E-state index contributed by atoms with van der Waals surface area (Å²) < 4.78 is 48.8. The van der Waals surface area contributed by atoms with Crippen molar-refractivity contribution >= 4 is 47.4 Å². The van der Waals surface area contributed by atoms with Gasteiger partial charge in [0.25, 0.3) is 0 Å². The molecule has 1 rings (SSSR count). The van der Waals surface area contributed by atoms with Crippen LogP contribution in [-0.4, -0.2) is 27.8 Å². The van der Waals surface area contributed by atoms with Crippen molar-refractivity contribution in [3.05, 3.63) is 24.3 Å². The number of rotatable bonds is 5. The average Bonchev–Trinajstić information content (AvgIpc) is 2.14. The van der Waals surface area contributed by atoms with E-state index in [-0.39, 0.29) is 10.3 Å². The van der Waals surface area contributed by atoms with Crippen molar-refractivity contribution in [1.82, 2.24) is 0 Å². The first-order chi connectivity index (χ1) is 7.72. The van der Waals surface area contributed by atoms with Crippen LogP contribution >= 0.6 is 15.9 Å². The Balaban J connectivity index is 2.95. The van der Waals surface area contributed by atoms with Crippen LogP contribution in [0, 0.1) is 0 Å². The van der Waals surface area contributed by atoms with Gasteiger partial charge in [-0.05, 0) is 18.2 Å². The van der Waals surface area contributed by atoms with Crippen LogP contribution in [0.25, 0.3) is 0 Å². The molecule has 0 spiro atoms. The first-order valence-corrected chi connectivity index (χ1v) is 9.03. The number of halogens is 1. The number of benzene rings is 1. The van der Waals surface area contributed by atoms with Crippen molar-refractivity contribution in [3.63, 3.8) is 0 Å². The van der Waals surface area contributed by atoms with Crippen LogP contribution in [-0.2, 0) is 20.0 Å². The van der Waals surface area contributed by atoms with E-state index in [1.54, 1.807) is 6.07 Å². The molecule has 2 N–H and O–H groups in total. The molecule has 17 heavy (non-hydrogen) atoms. The summed E-state index contributed by atoms with van der Waals surface area (Å²) in [5.74, 6) is 0. The summed E-state index contributed by atoms with van der Waals surface area (Å²) >= 11 is 2.83. The second kappa shape index (κ2) is 5.23. The Hall–Kier alpha value is -0.800. The van der Waals surface area contributed by atoms with Gasteiger partial charge in [0, 0.05) is 0 Å². The lowest BCUT2D eigenvalue weighted by Gasteiger charge is -2.08. The second-order valence-corrected chi connectivity index (χ2v) is 8.05. The van der Waals surface area contributed by atoms with Gasteiger partial charge in [0.15, 0.2) is 0 Å². The molecule has 0 aromatic heterocycles. The van der Waals surface area contributed by atoms with E-state index >= 15 is 0 Å². The fourth-order valence-electron chi connectivity index (χ4n) is 1.07. The van der Waals surface area contributed by atoms with Gasteiger partial charge in [-0.15, -0.1) is 0 Å². The molecule has 0 radical (unpaired) electrons. The van der Waals surface area contributed by atoms with Crippen molar-refractivity contribution < 1.29 is 16.8 Å².